The highest BCUT2D eigenvalue weighted by atomic mass is 32.2. The first-order valence-electron chi connectivity index (χ1n) is 9.81. The summed E-state index contributed by atoms with van der Waals surface area (Å²) in [6.07, 6.45) is 0. The van der Waals surface area contributed by atoms with Gasteiger partial charge in [0.05, 0.1) is 31.1 Å². The van der Waals surface area contributed by atoms with Gasteiger partial charge in [-0.25, -0.2) is 9.59 Å². The summed E-state index contributed by atoms with van der Waals surface area (Å²) in [6, 6.07) is 9.86. The van der Waals surface area contributed by atoms with Crippen LogP contribution in [0.15, 0.2) is 35.5 Å². The van der Waals surface area contributed by atoms with Crippen LogP contribution in [0.5, 0.6) is 0 Å². The minimum atomic E-state index is -0.646. The van der Waals surface area contributed by atoms with E-state index in [1.807, 2.05) is 41.7 Å². The largest absolute Gasteiger partial charge is 0.465 e. The summed E-state index contributed by atoms with van der Waals surface area (Å²) < 4.78 is 11.5. The van der Waals surface area contributed by atoms with Crippen LogP contribution in [0.3, 0.4) is 0 Å². The van der Waals surface area contributed by atoms with Gasteiger partial charge in [-0.15, -0.1) is 21.5 Å². The van der Waals surface area contributed by atoms with E-state index in [2.05, 4.69) is 15.5 Å². The number of nitrogens with zero attached hydrogens (tertiary/aromatic N) is 3. The Kier molecular flexibility index (Phi) is 6.34. The smallest absolute Gasteiger partial charge is 0.348 e. The lowest BCUT2D eigenvalue weighted by Crippen LogP contribution is -2.16. The molecular weight excluding hydrogens is 464 g/mol. The van der Waals surface area contributed by atoms with E-state index < -0.39 is 11.9 Å². The van der Waals surface area contributed by atoms with Gasteiger partial charge in [0.25, 0.3) is 0 Å². The van der Waals surface area contributed by atoms with Crippen molar-refractivity contribution in [2.45, 2.75) is 19.0 Å². The number of aromatic nitrogens is 3. The number of benzene rings is 1. The van der Waals surface area contributed by atoms with Crippen LogP contribution >= 0.6 is 23.1 Å². The summed E-state index contributed by atoms with van der Waals surface area (Å²) in [5.74, 6) is -1.58. The highest BCUT2D eigenvalue weighted by Gasteiger charge is 2.27. The molecule has 3 aromatic heterocycles. The molecule has 0 fully saturated rings. The highest BCUT2D eigenvalue weighted by molar-refractivity contribution is 7.99. The molecule has 0 unspecified atom stereocenters. The number of carbonyl (C=O) groups excluding carboxylic acids is 3. The number of nitrogens with one attached hydrogen (secondary N) is 1. The molecule has 3 heterocycles. The lowest BCUT2D eigenvalue weighted by Gasteiger charge is -2.08. The van der Waals surface area contributed by atoms with E-state index in [4.69, 9.17) is 9.47 Å². The molecule has 0 radical (unpaired) electrons. The third-order valence-electron chi connectivity index (χ3n) is 5.07. The fourth-order valence-corrected chi connectivity index (χ4v) is 5.38. The average molecular weight is 485 g/mol. The molecule has 0 spiro atoms. The molecule has 4 aromatic rings. The van der Waals surface area contributed by atoms with Crippen LogP contribution in [-0.2, 0) is 14.3 Å². The van der Waals surface area contributed by atoms with Crippen LogP contribution in [0.1, 0.15) is 31.2 Å². The monoisotopic (exact) mass is 484 g/mol. The fourth-order valence-electron chi connectivity index (χ4n) is 3.50. The third-order valence-corrected chi connectivity index (χ3v) is 7.18. The quantitative estimate of drug-likeness (QED) is 0.324. The first-order valence-corrected chi connectivity index (χ1v) is 11.6. The number of carbonyl (C=O) groups is 3. The van der Waals surface area contributed by atoms with Gasteiger partial charge in [0.2, 0.25) is 5.91 Å². The zero-order valence-corrected chi connectivity index (χ0v) is 19.9. The number of pyridine rings is 1. The van der Waals surface area contributed by atoms with E-state index in [9.17, 15) is 14.4 Å². The lowest BCUT2D eigenvalue weighted by molar-refractivity contribution is -0.113. The van der Waals surface area contributed by atoms with Crippen LogP contribution in [0, 0.1) is 13.8 Å². The van der Waals surface area contributed by atoms with Gasteiger partial charge in [-0.1, -0.05) is 30.0 Å². The van der Waals surface area contributed by atoms with Crippen molar-refractivity contribution in [2.75, 3.05) is 25.3 Å². The number of fused-ring (bicyclic) bond motifs is 3. The molecular formula is C22H20N4O5S2. The second-order valence-corrected chi connectivity index (χ2v) is 9.06. The molecule has 4 rings (SSSR count). The Morgan fingerprint density at radius 3 is 2.55 bits per heavy atom. The maximum absolute atomic E-state index is 12.7. The van der Waals surface area contributed by atoms with Crippen LogP contribution in [0.25, 0.3) is 16.6 Å². The van der Waals surface area contributed by atoms with Crippen molar-refractivity contribution in [3.63, 3.8) is 0 Å². The van der Waals surface area contributed by atoms with E-state index in [0.29, 0.717) is 16.4 Å². The number of esters is 2. The number of anilines is 1. The van der Waals surface area contributed by atoms with Crippen molar-refractivity contribution in [1.82, 2.24) is 14.6 Å². The van der Waals surface area contributed by atoms with Crippen molar-refractivity contribution in [3.05, 3.63) is 51.9 Å². The van der Waals surface area contributed by atoms with Crippen molar-refractivity contribution in [1.29, 1.82) is 0 Å². The molecule has 1 amide bonds. The number of hydrogen-bond donors (Lipinski definition) is 1. The molecule has 0 atom stereocenters. The van der Waals surface area contributed by atoms with E-state index in [1.165, 1.54) is 26.0 Å². The Morgan fingerprint density at radius 1 is 1.09 bits per heavy atom. The molecule has 33 heavy (non-hydrogen) atoms. The molecule has 9 nitrogen and oxygen atoms in total. The summed E-state index contributed by atoms with van der Waals surface area (Å²) in [4.78, 5) is 37.3. The average Bonchev–Trinajstić information content (AvgIpc) is 3.37. The normalized spacial score (nSPS) is 11.0. The zero-order valence-electron chi connectivity index (χ0n) is 18.3. The Hall–Kier alpha value is -3.44. The lowest BCUT2D eigenvalue weighted by atomic mass is 10.1. The maximum Gasteiger partial charge on any atom is 0.348 e. The second kappa shape index (κ2) is 9.20. The Labute approximate surface area is 197 Å². The number of thioether (sulfide) groups is 1. The van der Waals surface area contributed by atoms with Crippen molar-refractivity contribution in [3.8, 4) is 0 Å². The summed E-state index contributed by atoms with van der Waals surface area (Å²) in [5.41, 5.74) is 3.26. The van der Waals surface area contributed by atoms with Gasteiger partial charge in [0, 0.05) is 5.39 Å². The van der Waals surface area contributed by atoms with Crippen LogP contribution < -0.4 is 5.32 Å². The number of para-hydroxylation sites is 1. The summed E-state index contributed by atoms with van der Waals surface area (Å²) >= 11 is 2.19. The molecule has 0 aliphatic rings. The van der Waals surface area contributed by atoms with Crippen molar-refractivity contribution < 1.29 is 23.9 Å². The van der Waals surface area contributed by atoms with Gasteiger partial charge in [0.1, 0.15) is 9.88 Å². The van der Waals surface area contributed by atoms with Gasteiger partial charge >= 0.3 is 11.9 Å². The number of rotatable bonds is 6. The maximum atomic E-state index is 12.7. The molecule has 0 bridgehead atoms. The molecule has 0 aliphatic carbocycles. The highest BCUT2D eigenvalue weighted by Crippen LogP contribution is 2.34. The van der Waals surface area contributed by atoms with Gasteiger partial charge in [-0.05, 0) is 37.1 Å². The van der Waals surface area contributed by atoms with Crippen LogP contribution in [-0.4, -0.2) is 52.4 Å². The first-order chi connectivity index (χ1) is 15.8. The Bertz CT molecular complexity index is 1410. The van der Waals surface area contributed by atoms with Gasteiger partial charge in [-0.2, -0.15) is 0 Å². The minimum absolute atomic E-state index is 0.0219. The molecule has 1 N–H and O–H groups in total. The zero-order chi connectivity index (χ0) is 23.7. The molecule has 0 saturated heterocycles. The SMILES string of the molecule is COC(=O)c1sc(NC(=O)CSc2nnc3cc(C)c4ccccc4n23)c(C(=O)OC)c1C. The van der Waals surface area contributed by atoms with Gasteiger partial charge in [0.15, 0.2) is 10.8 Å². The molecule has 11 heteroatoms. The fraction of sp³-hybridized carbons (Fsp3) is 0.227. The number of ether oxygens (including phenoxy) is 2. The topological polar surface area (TPSA) is 112 Å². The van der Waals surface area contributed by atoms with Gasteiger partial charge in [-0.3, -0.25) is 9.20 Å². The standard InChI is InChI=1S/C22H20N4O5S2/c1-11-9-15-24-25-22(26(15)14-8-6-5-7-13(11)14)32-10-16(27)23-19-17(20(28)30-3)12(2)18(33-19)21(29)31-4/h5-9H,10H2,1-4H3,(H,23,27). The number of thiophene rings is 1. The molecule has 170 valence electrons. The van der Waals surface area contributed by atoms with E-state index in [0.717, 1.165) is 27.8 Å². The summed E-state index contributed by atoms with van der Waals surface area (Å²) in [5, 5.41) is 13.1. The summed E-state index contributed by atoms with van der Waals surface area (Å²) in [6.45, 7) is 3.62. The number of methoxy groups -OCH3 is 2. The number of aryl methyl sites for hydroxylation is 1. The molecule has 1 aromatic carbocycles. The van der Waals surface area contributed by atoms with Crippen LogP contribution in [0.4, 0.5) is 5.00 Å². The second-order valence-electron chi connectivity index (χ2n) is 7.10. The Morgan fingerprint density at radius 2 is 1.82 bits per heavy atom. The molecule has 0 saturated carbocycles. The van der Waals surface area contributed by atoms with Gasteiger partial charge < -0.3 is 14.8 Å². The number of amides is 1. The molecule has 0 aliphatic heterocycles. The van der Waals surface area contributed by atoms with Crippen molar-refractivity contribution >= 4 is 62.5 Å². The predicted octanol–water partition coefficient (Wildman–Crippen LogP) is 3.86. The van der Waals surface area contributed by atoms with Crippen LogP contribution in [0.2, 0.25) is 0 Å². The number of hydrogen-bond acceptors (Lipinski definition) is 9. The third kappa shape index (κ3) is 4.16. The summed E-state index contributed by atoms with van der Waals surface area (Å²) in [7, 11) is 2.49. The first kappa shape index (κ1) is 22.7. The van der Waals surface area contributed by atoms with E-state index in [-0.39, 0.29) is 27.1 Å². The van der Waals surface area contributed by atoms with Crippen molar-refractivity contribution in [2.24, 2.45) is 0 Å². The van der Waals surface area contributed by atoms with E-state index >= 15 is 0 Å². The predicted molar refractivity (Wildman–Crippen MR) is 126 cm³/mol. The minimum Gasteiger partial charge on any atom is -0.465 e. The Balaban J connectivity index is 1.59. The van der Waals surface area contributed by atoms with E-state index in [1.54, 1.807) is 6.92 Å².